The van der Waals surface area contributed by atoms with Crippen molar-refractivity contribution in [3.05, 3.63) is 65.0 Å². The molecule has 2 aromatic rings. The van der Waals surface area contributed by atoms with E-state index in [1.165, 1.54) is 0 Å². The second-order valence-electron chi connectivity index (χ2n) is 7.21. The van der Waals surface area contributed by atoms with Gasteiger partial charge in [-0.1, -0.05) is 42.5 Å². The zero-order valence-corrected chi connectivity index (χ0v) is 15.4. The lowest BCUT2D eigenvalue weighted by Crippen LogP contribution is -2.51. The maximum atomic E-state index is 14.3. The molecule has 2 fully saturated rings. The standard InChI is InChI=1S/C20H16F5NOS/c21-14-15(22)17(24)19(18(25)16(14)23)27-20(11-4-2-1-3-5-11)8-12-6-7-13(9-20)26(12)10-28/h1-5,10,12-13H,6-9H2. The number of nitrogens with zero attached hydrogens (tertiary/aromatic N) is 1. The SMILES string of the molecule is Fc1c(F)c(F)c(OC2(c3ccccc3)CC3CCC(C2)N3C=S)c(F)c1F. The number of hydrogen-bond acceptors (Lipinski definition) is 2. The van der Waals surface area contributed by atoms with Crippen molar-refractivity contribution in [3.63, 3.8) is 0 Å². The van der Waals surface area contributed by atoms with Gasteiger partial charge in [-0.25, -0.2) is 13.2 Å². The molecule has 148 valence electrons. The van der Waals surface area contributed by atoms with Crippen molar-refractivity contribution < 1.29 is 26.7 Å². The zero-order valence-electron chi connectivity index (χ0n) is 14.6. The van der Waals surface area contributed by atoms with E-state index in [4.69, 9.17) is 17.0 Å². The van der Waals surface area contributed by atoms with Gasteiger partial charge in [0.25, 0.3) is 0 Å². The number of halogens is 5. The van der Waals surface area contributed by atoms with Gasteiger partial charge in [-0.3, -0.25) is 0 Å². The molecule has 4 rings (SSSR count). The number of benzene rings is 2. The molecular weight excluding hydrogens is 397 g/mol. The first kappa shape index (κ1) is 19.1. The molecule has 0 aliphatic carbocycles. The lowest BCUT2D eigenvalue weighted by molar-refractivity contribution is -0.0198. The number of rotatable bonds is 4. The zero-order chi connectivity index (χ0) is 20.1. The van der Waals surface area contributed by atoms with Gasteiger partial charge in [0.15, 0.2) is 5.75 Å². The highest BCUT2D eigenvalue weighted by Crippen LogP contribution is 2.48. The minimum atomic E-state index is -2.20. The first-order valence-electron chi connectivity index (χ1n) is 8.86. The van der Waals surface area contributed by atoms with Crippen molar-refractivity contribution in [1.82, 2.24) is 4.90 Å². The summed E-state index contributed by atoms with van der Waals surface area (Å²) in [4.78, 5) is 2.01. The highest BCUT2D eigenvalue weighted by Gasteiger charge is 2.51. The Hall–Kier alpha value is -2.22. The van der Waals surface area contributed by atoms with Crippen LogP contribution in [0.2, 0.25) is 0 Å². The van der Waals surface area contributed by atoms with E-state index in [0.29, 0.717) is 18.4 Å². The lowest BCUT2D eigenvalue weighted by Gasteiger charge is -2.46. The highest BCUT2D eigenvalue weighted by molar-refractivity contribution is 7.78. The van der Waals surface area contributed by atoms with Crippen LogP contribution in [0.25, 0.3) is 0 Å². The van der Waals surface area contributed by atoms with Gasteiger partial charge in [-0.15, -0.1) is 0 Å². The van der Waals surface area contributed by atoms with Gasteiger partial charge < -0.3 is 9.64 Å². The summed E-state index contributed by atoms with van der Waals surface area (Å²) in [6, 6.07) is 8.67. The Balaban J connectivity index is 1.83. The van der Waals surface area contributed by atoms with Crippen LogP contribution >= 0.6 is 12.2 Å². The summed E-state index contributed by atoms with van der Waals surface area (Å²) >= 11 is 5.08. The molecule has 2 nitrogen and oxygen atoms in total. The van der Waals surface area contributed by atoms with Crippen LogP contribution in [0.5, 0.6) is 5.75 Å². The fraction of sp³-hybridized carbons (Fsp3) is 0.350. The monoisotopic (exact) mass is 413 g/mol. The fourth-order valence-electron chi connectivity index (χ4n) is 4.40. The summed E-state index contributed by atoms with van der Waals surface area (Å²) in [6.45, 7) is 0. The Labute approximate surface area is 163 Å². The molecule has 0 amide bonds. The van der Waals surface area contributed by atoms with Crippen LogP contribution < -0.4 is 4.74 Å². The molecule has 8 heteroatoms. The van der Waals surface area contributed by atoms with Gasteiger partial charge in [0.2, 0.25) is 29.1 Å². The van der Waals surface area contributed by atoms with Crippen molar-refractivity contribution in [2.75, 3.05) is 0 Å². The summed E-state index contributed by atoms with van der Waals surface area (Å²) in [7, 11) is 0. The fourth-order valence-corrected chi connectivity index (χ4v) is 4.75. The van der Waals surface area contributed by atoms with Gasteiger partial charge in [0.05, 0.1) is 5.49 Å². The number of hydrogen-bond donors (Lipinski definition) is 0. The average Bonchev–Trinajstić information content (AvgIpc) is 2.98. The highest BCUT2D eigenvalue weighted by atomic mass is 32.1. The summed E-state index contributed by atoms with van der Waals surface area (Å²) in [5, 5.41) is 0. The second kappa shape index (κ2) is 6.99. The first-order chi connectivity index (χ1) is 13.4. The molecule has 0 aromatic heterocycles. The lowest BCUT2D eigenvalue weighted by atomic mass is 9.80. The molecule has 2 aliphatic heterocycles. The van der Waals surface area contributed by atoms with E-state index in [1.807, 2.05) is 4.90 Å². The summed E-state index contributed by atoms with van der Waals surface area (Å²) in [5.74, 6) is -11.4. The Morgan fingerprint density at radius 1 is 0.857 bits per heavy atom. The third kappa shape index (κ3) is 2.85. The minimum Gasteiger partial charge on any atom is -0.476 e. The van der Waals surface area contributed by atoms with Crippen LogP contribution in [0.1, 0.15) is 31.2 Å². The number of piperidine rings is 1. The molecule has 2 atom stereocenters. The van der Waals surface area contributed by atoms with Gasteiger partial charge in [0, 0.05) is 24.9 Å². The third-order valence-electron chi connectivity index (χ3n) is 5.70. The Kier molecular flexibility index (Phi) is 4.77. The van der Waals surface area contributed by atoms with E-state index in [-0.39, 0.29) is 12.1 Å². The summed E-state index contributed by atoms with van der Waals surface area (Å²) in [5.41, 5.74) is 0.968. The molecule has 2 unspecified atom stereocenters. The Bertz CT molecular complexity index is 880. The molecule has 0 radical (unpaired) electrons. The van der Waals surface area contributed by atoms with E-state index in [2.05, 4.69) is 0 Å². The van der Waals surface area contributed by atoms with Crippen LogP contribution in [-0.4, -0.2) is 22.5 Å². The maximum Gasteiger partial charge on any atom is 0.207 e. The molecule has 0 spiro atoms. The van der Waals surface area contributed by atoms with Gasteiger partial charge in [0.1, 0.15) is 5.60 Å². The van der Waals surface area contributed by atoms with Crippen LogP contribution in [0.15, 0.2) is 30.3 Å². The molecule has 2 bridgehead atoms. The van der Waals surface area contributed by atoms with E-state index in [9.17, 15) is 22.0 Å². The number of thiocarbonyl (C=S) groups is 1. The van der Waals surface area contributed by atoms with Crippen molar-refractivity contribution in [2.24, 2.45) is 0 Å². The van der Waals surface area contributed by atoms with Crippen molar-refractivity contribution in [3.8, 4) is 5.75 Å². The second-order valence-corrected chi connectivity index (χ2v) is 7.42. The van der Waals surface area contributed by atoms with Crippen LogP contribution in [0, 0.1) is 29.1 Å². The normalized spacial score (nSPS) is 26.4. The topological polar surface area (TPSA) is 12.5 Å². The molecule has 2 aliphatic rings. The van der Waals surface area contributed by atoms with Gasteiger partial charge >= 0.3 is 0 Å². The molecule has 2 aromatic carbocycles. The van der Waals surface area contributed by atoms with Gasteiger partial charge in [-0.05, 0) is 18.4 Å². The predicted octanol–water partition coefficient (Wildman–Crippen LogP) is 5.24. The van der Waals surface area contributed by atoms with Crippen molar-refractivity contribution in [2.45, 2.75) is 43.4 Å². The largest absolute Gasteiger partial charge is 0.476 e. The third-order valence-corrected chi connectivity index (χ3v) is 5.94. The Morgan fingerprint density at radius 3 is 1.86 bits per heavy atom. The first-order valence-corrected chi connectivity index (χ1v) is 9.34. The Morgan fingerprint density at radius 2 is 1.36 bits per heavy atom. The van der Waals surface area contributed by atoms with Crippen molar-refractivity contribution in [1.29, 1.82) is 0 Å². The smallest absolute Gasteiger partial charge is 0.207 e. The summed E-state index contributed by atoms with van der Waals surface area (Å²) in [6.07, 6.45) is 2.26. The molecule has 0 N–H and O–H groups in total. The van der Waals surface area contributed by atoms with Crippen LogP contribution in [0.4, 0.5) is 22.0 Å². The predicted molar refractivity (Wildman–Crippen MR) is 96.5 cm³/mol. The van der Waals surface area contributed by atoms with Crippen molar-refractivity contribution >= 4 is 17.7 Å². The quantitative estimate of drug-likeness (QED) is 0.294. The maximum absolute atomic E-state index is 14.3. The van der Waals surface area contributed by atoms with Gasteiger partial charge in [-0.2, -0.15) is 8.78 Å². The molecular formula is C20H16F5NOS. The van der Waals surface area contributed by atoms with E-state index in [1.54, 1.807) is 35.8 Å². The average molecular weight is 413 g/mol. The van der Waals surface area contributed by atoms with E-state index in [0.717, 1.165) is 12.8 Å². The number of ether oxygens (including phenoxy) is 1. The molecule has 2 saturated heterocycles. The molecule has 2 heterocycles. The minimum absolute atomic E-state index is 0.0299. The van der Waals surface area contributed by atoms with E-state index < -0.39 is 40.4 Å². The van der Waals surface area contributed by atoms with Crippen LogP contribution in [-0.2, 0) is 5.60 Å². The van der Waals surface area contributed by atoms with E-state index >= 15 is 0 Å². The molecule has 0 saturated carbocycles. The summed E-state index contributed by atoms with van der Waals surface area (Å²) < 4.78 is 75.2. The van der Waals surface area contributed by atoms with Crippen LogP contribution in [0.3, 0.4) is 0 Å². The number of fused-ring (bicyclic) bond motifs is 2. The molecule has 28 heavy (non-hydrogen) atoms.